The van der Waals surface area contributed by atoms with Crippen LogP contribution in [-0.2, 0) is 20.7 Å². The van der Waals surface area contributed by atoms with Crippen LogP contribution in [-0.4, -0.2) is 62.0 Å². The number of benzene rings is 1. The molecule has 3 rings (SSSR count). The molecule has 0 spiro atoms. The summed E-state index contributed by atoms with van der Waals surface area (Å²) in [5, 5.41) is 28.4. The maximum Gasteiger partial charge on any atom is 0.330 e. The van der Waals surface area contributed by atoms with Gasteiger partial charge in [0.1, 0.15) is 23.8 Å². The summed E-state index contributed by atoms with van der Waals surface area (Å²) in [5.41, 5.74) is 4.21. The molecule has 2 aromatic rings. The normalized spacial score (nSPS) is 21.6. The SMILES string of the molecule is N[C@@H](Cc1ccc(O)cc1)C(=O)N(C=O)c1cn([C@H]2C[C@H](O)[C@@H](CO)O2)c(=O)[nH]c1=O. The van der Waals surface area contributed by atoms with E-state index in [9.17, 15) is 34.5 Å². The van der Waals surface area contributed by atoms with Crippen LogP contribution in [0.1, 0.15) is 18.2 Å². The summed E-state index contributed by atoms with van der Waals surface area (Å²) < 4.78 is 6.32. The Hall–Kier alpha value is -3.32. The number of aromatic hydroxyl groups is 1. The predicted molar refractivity (Wildman–Crippen MR) is 106 cm³/mol. The number of aliphatic hydroxyl groups is 2. The van der Waals surface area contributed by atoms with Crippen molar-refractivity contribution in [1.29, 1.82) is 0 Å². The number of ether oxygens (including phenoxy) is 1. The zero-order chi connectivity index (χ0) is 22.7. The Morgan fingerprint density at radius 1 is 1.35 bits per heavy atom. The molecule has 2 amide bonds. The average Bonchev–Trinajstić information content (AvgIpc) is 3.11. The van der Waals surface area contributed by atoms with Gasteiger partial charge in [-0.2, -0.15) is 0 Å². The summed E-state index contributed by atoms with van der Waals surface area (Å²) >= 11 is 0. The highest BCUT2D eigenvalue weighted by Crippen LogP contribution is 2.27. The van der Waals surface area contributed by atoms with Crippen molar-refractivity contribution in [1.82, 2.24) is 9.55 Å². The number of amides is 2. The molecule has 0 aliphatic carbocycles. The summed E-state index contributed by atoms with van der Waals surface area (Å²) in [4.78, 5) is 51.4. The van der Waals surface area contributed by atoms with E-state index >= 15 is 0 Å². The number of nitrogens with zero attached hydrogens (tertiary/aromatic N) is 2. The van der Waals surface area contributed by atoms with Crippen LogP contribution < -0.4 is 21.9 Å². The lowest BCUT2D eigenvalue weighted by molar-refractivity contribution is -0.122. The van der Waals surface area contributed by atoms with Gasteiger partial charge in [-0.15, -0.1) is 0 Å². The van der Waals surface area contributed by atoms with E-state index in [1.807, 2.05) is 4.98 Å². The number of imide groups is 1. The molecule has 0 saturated carbocycles. The molecule has 1 aromatic heterocycles. The number of nitrogens with one attached hydrogen (secondary N) is 1. The molecule has 6 N–H and O–H groups in total. The molecule has 1 aliphatic rings. The smallest absolute Gasteiger partial charge is 0.330 e. The molecular formula is C19H22N4O8. The molecule has 12 nitrogen and oxygen atoms in total. The predicted octanol–water partition coefficient (Wildman–Crippen LogP) is -2.06. The van der Waals surface area contributed by atoms with Gasteiger partial charge in [0.25, 0.3) is 11.5 Å². The first kappa shape index (κ1) is 22.4. The fourth-order valence-electron chi connectivity index (χ4n) is 3.29. The van der Waals surface area contributed by atoms with Gasteiger partial charge in [0.15, 0.2) is 0 Å². The molecular weight excluding hydrogens is 412 g/mol. The second-order valence-corrected chi connectivity index (χ2v) is 7.09. The molecule has 2 heterocycles. The zero-order valence-electron chi connectivity index (χ0n) is 16.2. The van der Waals surface area contributed by atoms with E-state index in [1.54, 1.807) is 12.1 Å². The van der Waals surface area contributed by atoms with Crippen molar-refractivity contribution in [2.45, 2.75) is 37.3 Å². The molecule has 0 radical (unpaired) electrons. The molecule has 1 aromatic carbocycles. The van der Waals surface area contributed by atoms with Crippen molar-refractivity contribution in [3.63, 3.8) is 0 Å². The highest BCUT2D eigenvalue weighted by molar-refractivity contribution is 6.09. The van der Waals surface area contributed by atoms with Gasteiger partial charge in [-0.25, -0.2) is 9.69 Å². The van der Waals surface area contributed by atoms with Crippen molar-refractivity contribution in [3.8, 4) is 5.75 Å². The highest BCUT2D eigenvalue weighted by Gasteiger charge is 2.35. The van der Waals surface area contributed by atoms with Gasteiger partial charge in [-0.1, -0.05) is 12.1 Å². The fourth-order valence-corrected chi connectivity index (χ4v) is 3.29. The third-order valence-corrected chi connectivity index (χ3v) is 4.95. The molecule has 4 atom stereocenters. The van der Waals surface area contributed by atoms with Gasteiger partial charge < -0.3 is 25.8 Å². The molecule has 31 heavy (non-hydrogen) atoms. The van der Waals surface area contributed by atoms with Crippen molar-refractivity contribution < 1.29 is 29.6 Å². The number of phenolic OH excluding ortho intramolecular Hbond substituents is 1. The summed E-state index contributed by atoms with van der Waals surface area (Å²) in [6.45, 7) is -0.478. The van der Waals surface area contributed by atoms with Crippen LogP contribution in [0.15, 0.2) is 40.1 Å². The quantitative estimate of drug-likeness (QED) is 0.305. The fraction of sp³-hybridized carbons (Fsp3) is 0.368. The Morgan fingerprint density at radius 3 is 2.61 bits per heavy atom. The third-order valence-electron chi connectivity index (χ3n) is 4.95. The van der Waals surface area contributed by atoms with Crippen LogP contribution >= 0.6 is 0 Å². The standard InChI is InChI=1S/C19H22N4O8/c20-12(5-10-1-3-11(26)4-2-10)18(29)23(9-25)13-7-22(19(30)21-17(13)28)16-6-14(27)15(8-24)31-16/h1-4,7,9,12,14-16,24,26-27H,5-6,8,20H2,(H,21,28,30)/t12-,14-,15+,16+/m0/s1. The van der Waals surface area contributed by atoms with E-state index in [4.69, 9.17) is 10.5 Å². The first-order chi connectivity index (χ1) is 14.7. The van der Waals surface area contributed by atoms with E-state index in [0.29, 0.717) is 10.5 Å². The number of aromatic amines is 1. The number of rotatable bonds is 7. The minimum absolute atomic E-state index is 0.0249. The van der Waals surface area contributed by atoms with Crippen LogP contribution in [0.3, 0.4) is 0 Å². The number of aliphatic hydroxyl groups excluding tert-OH is 2. The number of anilines is 1. The Morgan fingerprint density at radius 2 is 2.03 bits per heavy atom. The minimum Gasteiger partial charge on any atom is -0.508 e. The van der Waals surface area contributed by atoms with Crippen LogP contribution in [0, 0.1) is 0 Å². The Kier molecular flexibility index (Phi) is 6.65. The third kappa shape index (κ3) is 4.72. The Balaban J connectivity index is 1.87. The lowest BCUT2D eigenvalue weighted by atomic mass is 10.1. The van der Waals surface area contributed by atoms with Crippen molar-refractivity contribution >= 4 is 18.0 Å². The minimum atomic E-state index is -1.20. The number of phenols is 1. The highest BCUT2D eigenvalue weighted by atomic mass is 16.5. The number of nitrogens with two attached hydrogens (primary N) is 1. The van der Waals surface area contributed by atoms with E-state index in [1.165, 1.54) is 12.1 Å². The second-order valence-electron chi connectivity index (χ2n) is 7.09. The Bertz CT molecular complexity index is 1060. The number of hydrogen-bond donors (Lipinski definition) is 5. The molecule has 166 valence electrons. The van der Waals surface area contributed by atoms with Crippen molar-refractivity contribution in [3.05, 3.63) is 56.9 Å². The monoisotopic (exact) mass is 434 g/mol. The maximum absolute atomic E-state index is 12.7. The summed E-state index contributed by atoms with van der Waals surface area (Å²) in [7, 11) is 0. The van der Waals surface area contributed by atoms with Crippen molar-refractivity contribution in [2.24, 2.45) is 5.73 Å². The van der Waals surface area contributed by atoms with E-state index in [2.05, 4.69) is 0 Å². The van der Waals surface area contributed by atoms with Gasteiger partial charge in [0.05, 0.1) is 18.8 Å². The first-order valence-electron chi connectivity index (χ1n) is 9.36. The number of aromatic nitrogens is 2. The topological polar surface area (TPSA) is 188 Å². The van der Waals surface area contributed by atoms with Gasteiger partial charge in [-0.3, -0.25) is 23.9 Å². The van der Waals surface area contributed by atoms with Crippen LogP contribution in [0.25, 0.3) is 0 Å². The summed E-state index contributed by atoms with van der Waals surface area (Å²) in [5.74, 6) is -0.853. The lowest BCUT2D eigenvalue weighted by Gasteiger charge is -2.21. The first-order valence-corrected chi connectivity index (χ1v) is 9.36. The summed E-state index contributed by atoms with van der Waals surface area (Å²) in [6.07, 6.45) is -1.93. The van der Waals surface area contributed by atoms with E-state index in [0.717, 1.165) is 10.8 Å². The summed E-state index contributed by atoms with van der Waals surface area (Å²) in [6, 6.07) is 4.75. The molecule has 0 bridgehead atoms. The molecule has 1 fully saturated rings. The Labute approximate surface area is 175 Å². The lowest BCUT2D eigenvalue weighted by Crippen LogP contribution is -2.47. The van der Waals surface area contributed by atoms with E-state index in [-0.39, 0.29) is 25.0 Å². The largest absolute Gasteiger partial charge is 0.508 e. The number of carbonyl (C=O) groups is 2. The van der Waals surface area contributed by atoms with Gasteiger partial charge in [0.2, 0.25) is 6.41 Å². The zero-order valence-corrected chi connectivity index (χ0v) is 16.2. The van der Waals surface area contributed by atoms with Gasteiger partial charge in [-0.05, 0) is 24.1 Å². The average molecular weight is 434 g/mol. The maximum atomic E-state index is 12.7. The number of hydrogen-bond acceptors (Lipinski definition) is 9. The number of H-pyrrole nitrogens is 1. The van der Waals surface area contributed by atoms with Crippen LogP contribution in [0.2, 0.25) is 0 Å². The molecule has 1 saturated heterocycles. The second kappa shape index (κ2) is 9.22. The van der Waals surface area contributed by atoms with Crippen LogP contribution in [0.5, 0.6) is 5.75 Å². The molecule has 12 heteroatoms. The van der Waals surface area contributed by atoms with E-state index < -0.39 is 53.9 Å². The van der Waals surface area contributed by atoms with Gasteiger partial charge in [0, 0.05) is 12.6 Å². The van der Waals surface area contributed by atoms with Gasteiger partial charge >= 0.3 is 5.69 Å². The molecule has 0 unspecified atom stereocenters. The van der Waals surface area contributed by atoms with Crippen molar-refractivity contribution in [2.75, 3.05) is 11.5 Å². The number of carbonyl (C=O) groups excluding carboxylic acids is 2. The molecule has 1 aliphatic heterocycles. The van der Waals surface area contributed by atoms with Crippen LogP contribution in [0.4, 0.5) is 5.69 Å².